The maximum absolute atomic E-state index is 11.1. The standard InChI is InChI=1S/C24H42O20/c1-5-9(28)12(31)16(35)22(38-5)44-20-19(43-23-17(36)13(32)10(29)6(2-25)40-23)11(30)7(3-26)41-24(20)42-18-8(4-27)39-21(37)15(34)14(18)33/h5-37H,2-4H2,1H3. The summed E-state index contributed by atoms with van der Waals surface area (Å²) in [7, 11) is 0. The Hall–Kier alpha value is -0.800. The van der Waals surface area contributed by atoms with Crippen LogP contribution >= 0.6 is 0 Å². The first-order chi connectivity index (χ1) is 20.7. The van der Waals surface area contributed by atoms with Crippen molar-refractivity contribution in [1.82, 2.24) is 0 Å². The third-order valence-corrected chi connectivity index (χ3v) is 8.17. The third-order valence-electron chi connectivity index (χ3n) is 8.17. The molecule has 20 unspecified atom stereocenters. The van der Waals surface area contributed by atoms with Crippen LogP contribution < -0.4 is 0 Å². The van der Waals surface area contributed by atoms with E-state index in [1.165, 1.54) is 6.92 Å². The molecule has 4 aliphatic heterocycles. The van der Waals surface area contributed by atoms with Crippen LogP contribution in [0.2, 0.25) is 0 Å². The zero-order valence-corrected chi connectivity index (χ0v) is 23.3. The molecule has 0 spiro atoms. The summed E-state index contributed by atoms with van der Waals surface area (Å²) in [6, 6.07) is 0. The molecule has 20 nitrogen and oxygen atoms in total. The molecular weight excluding hydrogens is 608 g/mol. The smallest absolute Gasteiger partial charge is 0.187 e. The van der Waals surface area contributed by atoms with E-state index in [-0.39, 0.29) is 0 Å². The highest BCUT2D eigenvalue weighted by Gasteiger charge is 2.56. The molecule has 0 aromatic carbocycles. The van der Waals surface area contributed by atoms with Gasteiger partial charge in [-0.05, 0) is 6.92 Å². The van der Waals surface area contributed by atoms with Crippen molar-refractivity contribution in [3.63, 3.8) is 0 Å². The van der Waals surface area contributed by atoms with E-state index in [2.05, 4.69) is 0 Å². The molecule has 20 heteroatoms. The lowest BCUT2D eigenvalue weighted by molar-refractivity contribution is -0.404. The van der Waals surface area contributed by atoms with Gasteiger partial charge in [0.1, 0.15) is 91.6 Å². The number of hydrogen-bond acceptors (Lipinski definition) is 20. The summed E-state index contributed by atoms with van der Waals surface area (Å²) < 4.78 is 39.0. The molecular formula is C24H42O20. The highest BCUT2D eigenvalue weighted by atomic mass is 16.8. The highest BCUT2D eigenvalue weighted by molar-refractivity contribution is 4.98. The quantitative estimate of drug-likeness (QED) is 0.110. The van der Waals surface area contributed by atoms with E-state index in [0.29, 0.717) is 0 Å². The van der Waals surface area contributed by atoms with Crippen LogP contribution in [0.1, 0.15) is 6.92 Å². The van der Waals surface area contributed by atoms with Crippen molar-refractivity contribution in [2.24, 2.45) is 0 Å². The van der Waals surface area contributed by atoms with Gasteiger partial charge in [-0.3, -0.25) is 0 Å². The molecule has 4 saturated heterocycles. The molecule has 0 saturated carbocycles. The normalized spacial score (nSPS) is 53.9. The van der Waals surface area contributed by atoms with Crippen molar-refractivity contribution in [3.8, 4) is 0 Å². The summed E-state index contributed by atoms with van der Waals surface area (Å²) in [5.74, 6) is 0. The Morgan fingerprint density at radius 2 is 0.886 bits per heavy atom. The van der Waals surface area contributed by atoms with E-state index in [0.717, 1.165) is 0 Å². The minimum atomic E-state index is -1.98. The van der Waals surface area contributed by atoms with Gasteiger partial charge in [0.2, 0.25) is 0 Å². The van der Waals surface area contributed by atoms with Crippen molar-refractivity contribution in [2.45, 2.75) is 130 Å². The van der Waals surface area contributed by atoms with E-state index in [9.17, 15) is 66.4 Å². The Kier molecular flexibility index (Phi) is 12.3. The van der Waals surface area contributed by atoms with E-state index in [1.807, 2.05) is 0 Å². The zero-order chi connectivity index (χ0) is 32.6. The molecule has 0 amide bonds. The van der Waals surface area contributed by atoms with E-state index >= 15 is 0 Å². The summed E-state index contributed by atoms with van der Waals surface area (Å²) in [4.78, 5) is 0. The Morgan fingerprint density at radius 3 is 1.48 bits per heavy atom. The van der Waals surface area contributed by atoms with Gasteiger partial charge in [-0.25, -0.2) is 0 Å². The minimum Gasteiger partial charge on any atom is -0.394 e. The molecule has 44 heavy (non-hydrogen) atoms. The van der Waals surface area contributed by atoms with E-state index < -0.39 is 143 Å². The van der Waals surface area contributed by atoms with Gasteiger partial charge in [0.05, 0.1) is 25.9 Å². The average Bonchev–Trinajstić information content (AvgIpc) is 3.01. The van der Waals surface area contributed by atoms with Gasteiger partial charge in [0, 0.05) is 0 Å². The maximum Gasteiger partial charge on any atom is 0.187 e. The van der Waals surface area contributed by atoms with E-state index in [4.69, 9.17) is 33.2 Å². The van der Waals surface area contributed by atoms with Gasteiger partial charge >= 0.3 is 0 Å². The second-order valence-corrected chi connectivity index (χ2v) is 11.1. The first kappa shape index (κ1) is 36.0. The number of hydrogen-bond donors (Lipinski definition) is 13. The third kappa shape index (κ3) is 7.05. The van der Waals surface area contributed by atoms with Crippen LogP contribution in [0.3, 0.4) is 0 Å². The van der Waals surface area contributed by atoms with Crippen LogP contribution in [0.25, 0.3) is 0 Å². The van der Waals surface area contributed by atoms with Crippen molar-refractivity contribution in [2.75, 3.05) is 19.8 Å². The number of aliphatic hydroxyl groups is 13. The molecule has 0 aromatic rings. The fraction of sp³-hybridized carbons (Fsp3) is 1.00. The van der Waals surface area contributed by atoms with Crippen LogP contribution in [0, 0.1) is 0 Å². The summed E-state index contributed by atoms with van der Waals surface area (Å²) in [6.07, 6.45) is -35.1. The molecule has 4 fully saturated rings. The van der Waals surface area contributed by atoms with Gasteiger partial charge in [0.25, 0.3) is 0 Å². The van der Waals surface area contributed by atoms with Gasteiger partial charge in [0.15, 0.2) is 25.2 Å². The average molecular weight is 651 g/mol. The molecule has 4 aliphatic rings. The maximum atomic E-state index is 11.1. The topological polar surface area (TPSA) is 328 Å². The van der Waals surface area contributed by atoms with Crippen LogP contribution in [0.15, 0.2) is 0 Å². The number of ether oxygens (including phenoxy) is 7. The van der Waals surface area contributed by atoms with Gasteiger partial charge in [-0.15, -0.1) is 0 Å². The lowest BCUT2D eigenvalue weighted by Gasteiger charge is -2.50. The SMILES string of the molecule is CC1OC(OC2C(OC3C(CO)OC(O)C(O)C3O)OC(CO)C(O)C2OC2OC(CO)C(O)C(O)C2O)C(O)C(O)C1O. The summed E-state index contributed by atoms with van der Waals surface area (Å²) in [6.45, 7) is -1.25. The Morgan fingerprint density at radius 1 is 0.409 bits per heavy atom. The lowest BCUT2D eigenvalue weighted by Crippen LogP contribution is -2.68. The fourth-order valence-electron chi connectivity index (χ4n) is 5.46. The number of rotatable bonds is 9. The predicted octanol–water partition coefficient (Wildman–Crippen LogP) is -8.72. The molecule has 0 radical (unpaired) electrons. The molecule has 20 atom stereocenters. The molecule has 0 aromatic heterocycles. The van der Waals surface area contributed by atoms with Crippen LogP contribution in [0.5, 0.6) is 0 Å². The summed E-state index contributed by atoms with van der Waals surface area (Å²) in [5.41, 5.74) is 0. The lowest BCUT2D eigenvalue weighted by atomic mass is 9.95. The molecule has 258 valence electrons. The van der Waals surface area contributed by atoms with Crippen molar-refractivity contribution in [3.05, 3.63) is 0 Å². The van der Waals surface area contributed by atoms with Gasteiger partial charge < -0.3 is 99.5 Å². The molecule has 4 rings (SSSR count). The Balaban J connectivity index is 1.69. The Bertz CT molecular complexity index is 898. The number of aliphatic hydroxyl groups excluding tert-OH is 13. The summed E-state index contributed by atoms with van der Waals surface area (Å²) >= 11 is 0. The predicted molar refractivity (Wildman–Crippen MR) is 132 cm³/mol. The monoisotopic (exact) mass is 650 g/mol. The fourth-order valence-corrected chi connectivity index (χ4v) is 5.46. The minimum absolute atomic E-state index is 0.831. The largest absolute Gasteiger partial charge is 0.394 e. The first-order valence-electron chi connectivity index (χ1n) is 14.0. The van der Waals surface area contributed by atoms with Gasteiger partial charge in [-0.1, -0.05) is 0 Å². The van der Waals surface area contributed by atoms with Crippen molar-refractivity contribution in [1.29, 1.82) is 0 Å². The first-order valence-corrected chi connectivity index (χ1v) is 14.0. The van der Waals surface area contributed by atoms with Gasteiger partial charge in [-0.2, -0.15) is 0 Å². The highest BCUT2D eigenvalue weighted by Crippen LogP contribution is 2.35. The molecule has 4 heterocycles. The van der Waals surface area contributed by atoms with E-state index in [1.54, 1.807) is 0 Å². The van der Waals surface area contributed by atoms with Crippen molar-refractivity contribution < 1.29 is 99.5 Å². The molecule has 13 N–H and O–H groups in total. The van der Waals surface area contributed by atoms with Crippen molar-refractivity contribution >= 4 is 0 Å². The molecule has 0 aliphatic carbocycles. The second kappa shape index (κ2) is 15.0. The van der Waals surface area contributed by atoms with Crippen LogP contribution in [-0.2, 0) is 33.2 Å². The summed E-state index contributed by atoms with van der Waals surface area (Å²) in [5, 5.41) is 133. The second-order valence-electron chi connectivity index (χ2n) is 11.1. The molecule has 0 bridgehead atoms. The Labute approximate surface area is 249 Å². The van der Waals surface area contributed by atoms with Crippen LogP contribution in [-0.4, -0.2) is 209 Å². The van der Waals surface area contributed by atoms with Crippen LogP contribution in [0.4, 0.5) is 0 Å². The zero-order valence-electron chi connectivity index (χ0n) is 23.3.